The van der Waals surface area contributed by atoms with E-state index in [2.05, 4.69) is 13.8 Å². The van der Waals surface area contributed by atoms with Crippen LogP contribution >= 0.6 is 11.6 Å². The van der Waals surface area contributed by atoms with Gasteiger partial charge in [0.2, 0.25) is 0 Å². The fraction of sp³-hybridized carbons (Fsp3) is 0.571. The summed E-state index contributed by atoms with van der Waals surface area (Å²) >= 11 is 6.47. The smallest absolute Gasteiger partial charge is 0.129 e. The third kappa shape index (κ3) is 7.19. The molecule has 0 saturated carbocycles. The first kappa shape index (κ1) is 28.9. The molecule has 7 nitrogen and oxygen atoms in total. The Morgan fingerprint density at radius 3 is 2.36 bits per heavy atom. The molecule has 36 heavy (non-hydrogen) atoms. The van der Waals surface area contributed by atoms with Gasteiger partial charge in [-0.3, -0.25) is 0 Å². The van der Waals surface area contributed by atoms with Crippen LogP contribution in [0.1, 0.15) is 62.3 Å². The lowest BCUT2D eigenvalue weighted by Crippen LogP contribution is -2.55. The summed E-state index contributed by atoms with van der Waals surface area (Å²) in [7, 11) is 1.69. The summed E-state index contributed by atoms with van der Waals surface area (Å²) in [5, 5.41) is 40.7. The Labute approximate surface area is 218 Å². The Bertz CT molecular complexity index is 951. The van der Waals surface area contributed by atoms with Crippen LogP contribution in [0.2, 0.25) is 5.02 Å². The summed E-state index contributed by atoms with van der Waals surface area (Å²) in [6.07, 6.45) is -1.20. The number of hydrogen-bond donors (Lipinski definition) is 4. The molecule has 1 saturated heterocycles. The maximum absolute atomic E-state index is 10.5. The first-order chi connectivity index (χ1) is 17.2. The van der Waals surface area contributed by atoms with Gasteiger partial charge in [-0.1, -0.05) is 55.6 Å². The topological polar surface area (TPSA) is 109 Å². The van der Waals surface area contributed by atoms with Gasteiger partial charge in [0.05, 0.1) is 13.2 Å². The number of ether oxygens (including phenoxy) is 3. The monoisotopic (exact) mass is 522 g/mol. The molecule has 0 aromatic heterocycles. The van der Waals surface area contributed by atoms with E-state index in [4.69, 9.17) is 25.8 Å². The lowest BCUT2D eigenvalue weighted by Gasteiger charge is -2.40. The largest absolute Gasteiger partial charge is 0.485 e. The molecule has 0 aliphatic carbocycles. The van der Waals surface area contributed by atoms with Crippen molar-refractivity contribution < 1.29 is 34.6 Å². The number of methoxy groups -OCH3 is 1. The minimum atomic E-state index is -1.43. The second-order valence-corrected chi connectivity index (χ2v) is 10.3. The van der Waals surface area contributed by atoms with Crippen molar-refractivity contribution in [1.29, 1.82) is 0 Å². The number of benzene rings is 2. The highest BCUT2D eigenvalue weighted by Gasteiger charge is 2.44. The maximum atomic E-state index is 10.5. The second-order valence-electron chi connectivity index (χ2n) is 9.86. The van der Waals surface area contributed by atoms with E-state index in [9.17, 15) is 20.4 Å². The van der Waals surface area contributed by atoms with Crippen LogP contribution in [0.5, 0.6) is 5.75 Å². The van der Waals surface area contributed by atoms with Gasteiger partial charge in [0.1, 0.15) is 41.9 Å². The van der Waals surface area contributed by atoms with Gasteiger partial charge in [-0.2, -0.15) is 0 Å². The van der Waals surface area contributed by atoms with Crippen LogP contribution in [0.15, 0.2) is 42.5 Å². The summed E-state index contributed by atoms with van der Waals surface area (Å²) in [6.45, 7) is 4.29. The molecule has 4 N–H and O–H groups in total. The lowest BCUT2D eigenvalue weighted by molar-refractivity contribution is -0.231. The van der Waals surface area contributed by atoms with Gasteiger partial charge in [0.15, 0.2) is 0 Å². The predicted molar refractivity (Wildman–Crippen MR) is 138 cm³/mol. The van der Waals surface area contributed by atoms with Gasteiger partial charge < -0.3 is 34.6 Å². The fourth-order valence-electron chi connectivity index (χ4n) is 4.67. The molecule has 6 atom stereocenters. The van der Waals surface area contributed by atoms with Gasteiger partial charge in [0, 0.05) is 12.1 Å². The molecule has 0 amide bonds. The zero-order chi connectivity index (χ0) is 26.3. The third-order valence-corrected chi connectivity index (χ3v) is 7.10. The van der Waals surface area contributed by atoms with Crippen molar-refractivity contribution in [3.8, 4) is 5.75 Å². The summed E-state index contributed by atoms with van der Waals surface area (Å²) in [4.78, 5) is 0. The zero-order valence-electron chi connectivity index (χ0n) is 21.3. The van der Waals surface area contributed by atoms with Crippen molar-refractivity contribution in [3.63, 3.8) is 0 Å². The van der Waals surface area contributed by atoms with Crippen molar-refractivity contribution in [2.45, 2.75) is 82.1 Å². The van der Waals surface area contributed by atoms with Crippen LogP contribution in [0, 0.1) is 0 Å². The van der Waals surface area contributed by atoms with E-state index in [-0.39, 0.29) is 0 Å². The van der Waals surface area contributed by atoms with Gasteiger partial charge in [-0.15, -0.1) is 0 Å². The van der Waals surface area contributed by atoms with E-state index in [1.807, 2.05) is 30.3 Å². The number of aliphatic hydroxyl groups excluding tert-OH is 4. The van der Waals surface area contributed by atoms with Crippen molar-refractivity contribution in [3.05, 3.63) is 64.2 Å². The summed E-state index contributed by atoms with van der Waals surface area (Å²) < 4.78 is 17.4. The lowest BCUT2D eigenvalue weighted by atomic mass is 9.90. The normalized spacial score (nSPS) is 25.9. The Balaban J connectivity index is 1.72. The van der Waals surface area contributed by atoms with Crippen LogP contribution in [0.25, 0.3) is 0 Å². The predicted octanol–water partition coefficient (Wildman–Crippen LogP) is 3.81. The number of unbranched alkanes of at least 4 members (excludes halogenated alkanes) is 2. The standard InChI is InChI=1S/C28H39ClO7/c1-4-5-6-13-28(2,17-34-3)36-21-10-7-18(8-11-21)14-20-15-19(9-12-22(20)29)27-26(33)25(32)24(31)23(16-30)35-27/h7-12,15,23-27,30-33H,4-6,13-14,16-17H2,1-3H3/t23-,24-,25+,26-,27+,28?/m1/s1. The second kappa shape index (κ2) is 13.2. The summed E-state index contributed by atoms with van der Waals surface area (Å²) in [6, 6.07) is 13.1. The van der Waals surface area contributed by atoms with Crippen LogP contribution in [0.3, 0.4) is 0 Å². The molecule has 8 heteroatoms. The van der Waals surface area contributed by atoms with Gasteiger partial charge >= 0.3 is 0 Å². The third-order valence-electron chi connectivity index (χ3n) is 6.73. The van der Waals surface area contributed by atoms with Crippen molar-refractivity contribution in [2.24, 2.45) is 0 Å². The molecule has 2 aromatic carbocycles. The van der Waals surface area contributed by atoms with Crippen LogP contribution in [0.4, 0.5) is 0 Å². The van der Waals surface area contributed by atoms with Crippen molar-refractivity contribution >= 4 is 11.6 Å². The molecule has 1 unspecified atom stereocenters. The molecular weight excluding hydrogens is 484 g/mol. The van der Waals surface area contributed by atoms with E-state index >= 15 is 0 Å². The fourth-order valence-corrected chi connectivity index (χ4v) is 4.86. The molecule has 0 spiro atoms. The van der Waals surface area contributed by atoms with E-state index in [1.165, 1.54) is 0 Å². The zero-order valence-corrected chi connectivity index (χ0v) is 22.0. The average Bonchev–Trinajstić information content (AvgIpc) is 2.86. The molecule has 0 radical (unpaired) electrons. The van der Waals surface area contributed by atoms with E-state index < -0.39 is 42.7 Å². The van der Waals surface area contributed by atoms with Gasteiger partial charge in [0.25, 0.3) is 0 Å². The summed E-state index contributed by atoms with van der Waals surface area (Å²) in [5.41, 5.74) is 2.06. The number of halogens is 1. The molecule has 200 valence electrons. The maximum Gasteiger partial charge on any atom is 0.129 e. The number of aliphatic hydroxyl groups is 4. The van der Waals surface area contributed by atoms with Crippen LogP contribution in [-0.2, 0) is 15.9 Å². The van der Waals surface area contributed by atoms with Crippen molar-refractivity contribution in [2.75, 3.05) is 20.3 Å². The quantitative estimate of drug-likeness (QED) is 0.314. The molecule has 1 aliphatic rings. The molecule has 1 fully saturated rings. The highest BCUT2D eigenvalue weighted by molar-refractivity contribution is 6.31. The van der Waals surface area contributed by atoms with Gasteiger partial charge in [-0.25, -0.2) is 0 Å². The van der Waals surface area contributed by atoms with E-state index in [0.717, 1.165) is 42.6 Å². The number of hydrogen-bond acceptors (Lipinski definition) is 7. The Hall–Kier alpha value is -1.71. The van der Waals surface area contributed by atoms with Gasteiger partial charge in [-0.05, 0) is 61.1 Å². The SMILES string of the molecule is CCCCCC(C)(COC)Oc1ccc(Cc2cc([C@@H]3O[C@H](CO)[C@@H](O)[C@H](O)[C@H]3O)ccc2Cl)cc1. The summed E-state index contributed by atoms with van der Waals surface area (Å²) in [5.74, 6) is 0.774. The molecular formula is C28H39ClO7. The molecule has 2 aromatic rings. The molecule has 0 bridgehead atoms. The van der Waals surface area contributed by atoms with E-state index in [0.29, 0.717) is 23.6 Å². The Morgan fingerprint density at radius 1 is 1.00 bits per heavy atom. The van der Waals surface area contributed by atoms with Crippen molar-refractivity contribution in [1.82, 2.24) is 0 Å². The number of rotatable bonds is 12. The Morgan fingerprint density at radius 2 is 1.72 bits per heavy atom. The average molecular weight is 523 g/mol. The van der Waals surface area contributed by atoms with Crippen LogP contribution in [-0.4, -0.2) is 70.8 Å². The Kier molecular flexibility index (Phi) is 10.6. The minimum absolute atomic E-state index is 0.394. The first-order valence-electron chi connectivity index (χ1n) is 12.6. The first-order valence-corrected chi connectivity index (χ1v) is 12.9. The van der Waals surface area contributed by atoms with E-state index in [1.54, 1.807) is 19.2 Å². The molecule has 1 heterocycles. The highest BCUT2D eigenvalue weighted by Crippen LogP contribution is 2.34. The molecule has 3 rings (SSSR count). The molecule has 1 aliphatic heterocycles. The van der Waals surface area contributed by atoms with Crippen LogP contribution < -0.4 is 4.74 Å². The highest BCUT2D eigenvalue weighted by atomic mass is 35.5. The minimum Gasteiger partial charge on any atom is -0.485 e.